The highest BCUT2D eigenvalue weighted by molar-refractivity contribution is 7.09. The van der Waals surface area contributed by atoms with Gasteiger partial charge in [0.05, 0.1) is 12.1 Å². The molecule has 2 nitrogen and oxygen atoms in total. The van der Waals surface area contributed by atoms with E-state index in [4.69, 9.17) is 0 Å². The molecule has 1 N–H and O–H groups in total. The number of halogens is 3. The van der Waals surface area contributed by atoms with Crippen LogP contribution in [0.3, 0.4) is 0 Å². The van der Waals surface area contributed by atoms with E-state index in [0.717, 1.165) is 17.0 Å². The smallest absolute Gasteiger partial charge is 0.347 e. The van der Waals surface area contributed by atoms with Gasteiger partial charge in [-0.3, -0.25) is 4.79 Å². The van der Waals surface area contributed by atoms with Gasteiger partial charge in [0.25, 0.3) is 5.91 Å². The lowest BCUT2D eigenvalue weighted by Crippen LogP contribution is -2.22. The van der Waals surface area contributed by atoms with E-state index >= 15 is 0 Å². The van der Waals surface area contributed by atoms with Crippen molar-refractivity contribution in [2.24, 2.45) is 0 Å². The molecular weight excluding hydrogens is 275 g/mol. The van der Waals surface area contributed by atoms with Crippen molar-refractivity contribution in [3.05, 3.63) is 57.8 Å². The van der Waals surface area contributed by atoms with Crippen molar-refractivity contribution < 1.29 is 18.0 Å². The Morgan fingerprint density at radius 3 is 2.37 bits per heavy atom. The molecule has 1 aromatic heterocycles. The molecule has 6 heteroatoms. The molecule has 2 aromatic rings. The van der Waals surface area contributed by atoms with Crippen LogP contribution in [0.1, 0.15) is 20.8 Å². The van der Waals surface area contributed by atoms with Crippen LogP contribution in [0.25, 0.3) is 0 Å². The van der Waals surface area contributed by atoms with Crippen molar-refractivity contribution in [2.75, 3.05) is 0 Å². The first-order valence-electron chi connectivity index (χ1n) is 5.44. The number of rotatable bonds is 3. The maximum absolute atomic E-state index is 12.4. The zero-order valence-corrected chi connectivity index (χ0v) is 10.5. The molecule has 1 amide bonds. The van der Waals surface area contributed by atoms with Crippen molar-refractivity contribution >= 4 is 17.2 Å². The van der Waals surface area contributed by atoms with Gasteiger partial charge >= 0.3 is 6.18 Å². The molecule has 19 heavy (non-hydrogen) atoms. The Morgan fingerprint density at radius 2 is 1.84 bits per heavy atom. The Balaban J connectivity index is 2.00. The minimum Gasteiger partial charge on any atom is -0.347 e. The molecule has 0 unspecified atom stereocenters. The first-order chi connectivity index (χ1) is 8.97. The number of thiophene rings is 1. The van der Waals surface area contributed by atoms with E-state index in [2.05, 4.69) is 5.32 Å². The number of hydrogen-bond donors (Lipinski definition) is 1. The third-order valence-corrected chi connectivity index (χ3v) is 3.35. The number of nitrogens with one attached hydrogen (secondary N) is 1. The van der Waals surface area contributed by atoms with Gasteiger partial charge in [0.15, 0.2) is 0 Å². The van der Waals surface area contributed by atoms with Crippen molar-refractivity contribution in [3.63, 3.8) is 0 Å². The quantitative estimate of drug-likeness (QED) is 0.915. The third kappa shape index (κ3) is 3.57. The summed E-state index contributed by atoms with van der Waals surface area (Å²) in [5.41, 5.74) is -0.549. The summed E-state index contributed by atoms with van der Waals surface area (Å²) in [6, 6.07) is 7.89. The van der Waals surface area contributed by atoms with E-state index in [1.807, 2.05) is 17.5 Å². The Hall–Kier alpha value is -1.82. The molecule has 0 aliphatic rings. The largest absolute Gasteiger partial charge is 0.416 e. The second-order valence-corrected chi connectivity index (χ2v) is 4.87. The summed E-state index contributed by atoms with van der Waals surface area (Å²) in [7, 11) is 0. The molecular formula is C13H10F3NOS. The van der Waals surface area contributed by atoms with Crippen LogP contribution in [-0.4, -0.2) is 5.91 Å². The summed E-state index contributed by atoms with van der Waals surface area (Å²) in [4.78, 5) is 12.7. The Morgan fingerprint density at radius 1 is 1.16 bits per heavy atom. The molecule has 2 rings (SSSR count). The predicted molar refractivity (Wildman–Crippen MR) is 66.9 cm³/mol. The van der Waals surface area contributed by atoms with Gasteiger partial charge in [-0.1, -0.05) is 6.07 Å². The Bertz CT molecular complexity index is 546. The molecule has 0 saturated heterocycles. The number of benzene rings is 1. The van der Waals surface area contributed by atoms with Crippen LogP contribution in [0.2, 0.25) is 0 Å². The Labute approximate surface area is 111 Å². The van der Waals surface area contributed by atoms with Gasteiger partial charge in [-0.2, -0.15) is 13.2 Å². The zero-order valence-electron chi connectivity index (χ0n) is 9.70. The van der Waals surface area contributed by atoms with Gasteiger partial charge in [0.2, 0.25) is 0 Å². The number of carbonyl (C=O) groups is 1. The maximum Gasteiger partial charge on any atom is 0.416 e. The second-order valence-electron chi connectivity index (χ2n) is 3.84. The van der Waals surface area contributed by atoms with Crippen molar-refractivity contribution in [3.8, 4) is 0 Å². The van der Waals surface area contributed by atoms with Crippen LogP contribution in [0.15, 0.2) is 41.8 Å². The number of carbonyl (C=O) groups excluding carboxylic acids is 1. The van der Waals surface area contributed by atoms with Crippen molar-refractivity contribution in [1.82, 2.24) is 5.32 Å². The molecule has 0 fully saturated rings. The normalized spacial score (nSPS) is 11.3. The minimum atomic E-state index is -4.38. The summed E-state index contributed by atoms with van der Waals surface area (Å²) in [6.45, 7) is 0.373. The lowest BCUT2D eigenvalue weighted by Gasteiger charge is -2.07. The second kappa shape index (κ2) is 5.44. The molecule has 0 aliphatic heterocycles. The molecule has 0 radical (unpaired) electrons. The summed E-state index contributed by atoms with van der Waals surface area (Å²) >= 11 is 1.50. The van der Waals surface area contributed by atoms with Gasteiger partial charge < -0.3 is 5.32 Å². The van der Waals surface area contributed by atoms with Crippen LogP contribution in [0.4, 0.5) is 13.2 Å². The summed E-state index contributed by atoms with van der Waals surface area (Å²) in [5, 5.41) is 4.54. The highest BCUT2D eigenvalue weighted by Gasteiger charge is 2.30. The topological polar surface area (TPSA) is 29.1 Å². The minimum absolute atomic E-state index is 0.213. The first-order valence-corrected chi connectivity index (χ1v) is 6.32. The van der Waals surface area contributed by atoms with E-state index in [0.29, 0.717) is 6.54 Å². The molecule has 0 atom stereocenters. The molecule has 0 aliphatic carbocycles. The van der Waals surface area contributed by atoms with E-state index < -0.39 is 11.7 Å². The first kappa shape index (κ1) is 13.6. The standard InChI is InChI=1S/C13H10F3NOS/c14-13(15,16)10-5-3-9(4-6-10)12(18)17-8-11-2-1-7-19-11/h1-7H,8H2,(H,17,18). The van der Waals surface area contributed by atoms with Crippen LogP contribution in [-0.2, 0) is 12.7 Å². The molecule has 0 saturated carbocycles. The lowest BCUT2D eigenvalue weighted by molar-refractivity contribution is -0.137. The third-order valence-electron chi connectivity index (χ3n) is 2.48. The summed E-state index contributed by atoms with van der Waals surface area (Å²) in [5.74, 6) is -0.387. The van der Waals surface area contributed by atoms with Gasteiger partial charge in [-0.05, 0) is 35.7 Å². The molecule has 0 bridgehead atoms. The highest BCUT2D eigenvalue weighted by atomic mass is 32.1. The number of alkyl halides is 3. The van der Waals surface area contributed by atoms with Gasteiger partial charge in [0.1, 0.15) is 0 Å². The predicted octanol–water partition coefficient (Wildman–Crippen LogP) is 3.70. The van der Waals surface area contributed by atoms with Crippen molar-refractivity contribution in [1.29, 1.82) is 0 Å². The molecule has 0 spiro atoms. The fourth-order valence-corrected chi connectivity index (χ4v) is 2.14. The van der Waals surface area contributed by atoms with E-state index in [1.165, 1.54) is 23.5 Å². The van der Waals surface area contributed by atoms with E-state index in [-0.39, 0.29) is 11.5 Å². The highest BCUT2D eigenvalue weighted by Crippen LogP contribution is 2.29. The van der Waals surface area contributed by atoms with Crippen molar-refractivity contribution in [2.45, 2.75) is 12.7 Å². The van der Waals surface area contributed by atoms with Gasteiger partial charge in [-0.15, -0.1) is 11.3 Å². The summed E-state index contributed by atoms with van der Waals surface area (Å²) < 4.78 is 37.1. The average molecular weight is 285 g/mol. The number of hydrogen-bond acceptors (Lipinski definition) is 2. The average Bonchev–Trinajstić information content (AvgIpc) is 2.88. The summed E-state index contributed by atoms with van der Waals surface area (Å²) in [6.07, 6.45) is -4.38. The Kier molecular flexibility index (Phi) is 3.90. The van der Waals surface area contributed by atoms with Crippen LogP contribution in [0.5, 0.6) is 0 Å². The van der Waals surface area contributed by atoms with Crippen LogP contribution < -0.4 is 5.32 Å². The molecule has 1 heterocycles. The van der Waals surface area contributed by atoms with Gasteiger partial charge in [-0.25, -0.2) is 0 Å². The lowest BCUT2D eigenvalue weighted by atomic mass is 10.1. The SMILES string of the molecule is O=C(NCc1cccs1)c1ccc(C(F)(F)F)cc1. The number of amides is 1. The fraction of sp³-hybridized carbons (Fsp3) is 0.154. The zero-order chi connectivity index (χ0) is 13.9. The van der Waals surface area contributed by atoms with Crippen LogP contribution in [0, 0.1) is 0 Å². The molecule has 100 valence electrons. The van der Waals surface area contributed by atoms with E-state index in [1.54, 1.807) is 0 Å². The molecule has 1 aromatic carbocycles. The fourth-order valence-electron chi connectivity index (χ4n) is 1.49. The van der Waals surface area contributed by atoms with Crippen LogP contribution >= 0.6 is 11.3 Å². The van der Waals surface area contributed by atoms with Gasteiger partial charge in [0, 0.05) is 10.4 Å². The maximum atomic E-state index is 12.4. The monoisotopic (exact) mass is 285 g/mol. The van der Waals surface area contributed by atoms with E-state index in [9.17, 15) is 18.0 Å².